The van der Waals surface area contributed by atoms with Crippen molar-refractivity contribution in [3.63, 3.8) is 0 Å². The fourth-order valence-corrected chi connectivity index (χ4v) is 3.90. The van der Waals surface area contributed by atoms with Crippen LogP contribution in [-0.4, -0.2) is 32.1 Å². The summed E-state index contributed by atoms with van der Waals surface area (Å²) in [6, 6.07) is 16.8. The van der Waals surface area contributed by atoms with Crippen LogP contribution in [0.4, 0.5) is 10.2 Å². The van der Waals surface area contributed by atoms with E-state index < -0.39 is 6.04 Å². The first-order valence-electron chi connectivity index (χ1n) is 10.5. The predicted molar refractivity (Wildman–Crippen MR) is 126 cm³/mol. The molecular formula is C25H21FN6O. The molecule has 0 saturated heterocycles. The van der Waals surface area contributed by atoms with E-state index >= 15 is 0 Å². The molecule has 5 N–H and O–H groups in total. The number of pyridine rings is 1. The summed E-state index contributed by atoms with van der Waals surface area (Å²) in [5.74, 6) is -0.340. The molecule has 0 bridgehead atoms. The number of anilines is 1. The van der Waals surface area contributed by atoms with Gasteiger partial charge in [0.1, 0.15) is 5.82 Å². The van der Waals surface area contributed by atoms with Crippen LogP contribution in [0.3, 0.4) is 0 Å². The van der Waals surface area contributed by atoms with Crippen molar-refractivity contribution in [3.05, 3.63) is 90.6 Å². The lowest BCUT2D eigenvalue weighted by Gasteiger charge is -2.12. The Bertz CT molecular complexity index is 1410. The Kier molecular flexibility index (Phi) is 5.42. The number of amides is 1. The van der Waals surface area contributed by atoms with E-state index in [1.807, 2.05) is 42.6 Å². The lowest BCUT2D eigenvalue weighted by molar-refractivity contribution is -0.117. The molecular weight excluding hydrogens is 419 g/mol. The van der Waals surface area contributed by atoms with Crippen molar-refractivity contribution >= 4 is 22.6 Å². The highest BCUT2D eigenvalue weighted by Crippen LogP contribution is 2.36. The first-order chi connectivity index (χ1) is 16.1. The van der Waals surface area contributed by atoms with Gasteiger partial charge in [-0.15, -0.1) is 0 Å². The summed E-state index contributed by atoms with van der Waals surface area (Å²) >= 11 is 0. The molecule has 0 saturated carbocycles. The molecule has 3 aromatic heterocycles. The van der Waals surface area contributed by atoms with Crippen molar-refractivity contribution in [1.82, 2.24) is 20.2 Å². The fraction of sp³-hybridized carbons (Fsp3) is 0.0800. The van der Waals surface area contributed by atoms with Crippen LogP contribution >= 0.6 is 0 Å². The third-order valence-electron chi connectivity index (χ3n) is 5.56. The number of aromatic amines is 2. The van der Waals surface area contributed by atoms with E-state index in [1.165, 1.54) is 12.1 Å². The third kappa shape index (κ3) is 4.11. The summed E-state index contributed by atoms with van der Waals surface area (Å²) in [4.78, 5) is 20.3. The van der Waals surface area contributed by atoms with Crippen LogP contribution in [0.2, 0.25) is 0 Å². The van der Waals surface area contributed by atoms with E-state index in [2.05, 4.69) is 25.5 Å². The summed E-state index contributed by atoms with van der Waals surface area (Å²) in [5.41, 5.74) is 11.1. The smallest absolute Gasteiger partial charge is 0.242 e. The van der Waals surface area contributed by atoms with Gasteiger partial charge in [-0.1, -0.05) is 18.2 Å². The average Bonchev–Trinajstić information content (AvgIpc) is 3.44. The monoisotopic (exact) mass is 440 g/mol. The first-order valence-corrected chi connectivity index (χ1v) is 10.5. The van der Waals surface area contributed by atoms with Crippen LogP contribution in [-0.2, 0) is 11.2 Å². The number of nitrogens with one attached hydrogen (secondary N) is 3. The van der Waals surface area contributed by atoms with Crippen LogP contribution in [0.15, 0.2) is 79.3 Å². The lowest BCUT2D eigenvalue weighted by Crippen LogP contribution is -2.37. The molecule has 0 fully saturated rings. The van der Waals surface area contributed by atoms with Crippen molar-refractivity contribution in [1.29, 1.82) is 0 Å². The van der Waals surface area contributed by atoms with Crippen molar-refractivity contribution < 1.29 is 9.18 Å². The van der Waals surface area contributed by atoms with Gasteiger partial charge in [0.15, 0.2) is 5.82 Å². The number of nitrogens with zero attached hydrogens (tertiary/aromatic N) is 2. The number of carbonyl (C=O) groups is 1. The van der Waals surface area contributed by atoms with Crippen molar-refractivity contribution in [2.75, 3.05) is 5.32 Å². The van der Waals surface area contributed by atoms with Gasteiger partial charge in [0.2, 0.25) is 5.91 Å². The zero-order valence-corrected chi connectivity index (χ0v) is 17.5. The molecule has 164 valence electrons. The number of rotatable bonds is 6. The van der Waals surface area contributed by atoms with E-state index in [9.17, 15) is 9.18 Å². The molecule has 2 aromatic carbocycles. The summed E-state index contributed by atoms with van der Waals surface area (Å²) in [5, 5.41) is 11.2. The van der Waals surface area contributed by atoms with E-state index in [1.54, 1.807) is 24.5 Å². The van der Waals surface area contributed by atoms with E-state index in [0.29, 0.717) is 23.5 Å². The van der Waals surface area contributed by atoms with Gasteiger partial charge in [-0.2, -0.15) is 5.10 Å². The second-order valence-electron chi connectivity index (χ2n) is 7.72. The molecule has 0 aliphatic carbocycles. The van der Waals surface area contributed by atoms with Gasteiger partial charge in [-0.25, -0.2) is 4.39 Å². The molecule has 5 aromatic rings. The number of hydrogen-bond donors (Lipinski definition) is 4. The Morgan fingerprint density at radius 3 is 2.58 bits per heavy atom. The molecule has 0 unspecified atom stereocenters. The summed E-state index contributed by atoms with van der Waals surface area (Å²) in [6.07, 6.45) is 5.56. The van der Waals surface area contributed by atoms with Gasteiger partial charge in [-0.05, 0) is 60.0 Å². The maximum Gasteiger partial charge on any atom is 0.242 e. The van der Waals surface area contributed by atoms with E-state index in [0.717, 1.165) is 27.6 Å². The molecule has 0 spiro atoms. The molecule has 33 heavy (non-hydrogen) atoms. The number of aromatic nitrogens is 4. The van der Waals surface area contributed by atoms with Crippen molar-refractivity contribution in [2.45, 2.75) is 12.5 Å². The lowest BCUT2D eigenvalue weighted by atomic mass is 10.0. The van der Waals surface area contributed by atoms with Gasteiger partial charge >= 0.3 is 0 Å². The number of fused-ring (bicyclic) bond motifs is 1. The highest BCUT2D eigenvalue weighted by atomic mass is 19.1. The zero-order valence-electron chi connectivity index (χ0n) is 17.5. The van der Waals surface area contributed by atoms with Gasteiger partial charge in [0, 0.05) is 35.1 Å². The normalized spacial score (nSPS) is 12.1. The molecule has 1 amide bonds. The number of benzene rings is 2. The number of halogens is 1. The minimum absolute atomic E-state index is 0.333. The Morgan fingerprint density at radius 2 is 1.79 bits per heavy atom. The molecule has 1 atom stereocenters. The molecule has 7 nitrogen and oxygen atoms in total. The molecule has 8 heteroatoms. The summed E-state index contributed by atoms with van der Waals surface area (Å²) < 4.78 is 13.4. The molecule has 3 heterocycles. The second-order valence-corrected chi connectivity index (χ2v) is 7.72. The highest BCUT2D eigenvalue weighted by Gasteiger charge is 2.22. The minimum atomic E-state index is -0.777. The fourth-order valence-electron chi connectivity index (χ4n) is 3.90. The summed E-state index contributed by atoms with van der Waals surface area (Å²) in [6.45, 7) is 0. The van der Waals surface area contributed by atoms with Crippen molar-refractivity contribution in [3.8, 4) is 22.4 Å². The topological polar surface area (TPSA) is 112 Å². The molecule has 5 rings (SSSR count). The number of hydrogen-bond acceptors (Lipinski definition) is 4. The molecule has 0 radical (unpaired) electrons. The van der Waals surface area contributed by atoms with E-state index in [-0.39, 0.29) is 11.7 Å². The van der Waals surface area contributed by atoms with E-state index in [4.69, 9.17) is 5.73 Å². The maximum atomic E-state index is 13.4. The number of carbonyl (C=O) groups excluding carboxylic acids is 1. The van der Waals surface area contributed by atoms with Crippen LogP contribution < -0.4 is 11.1 Å². The number of nitrogens with two attached hydrogens (primary N) is 1. The van der Waals surface area contributed by atoms with Crippen LogP contribution in [0.25, 0.3) is 33.3 Å². The van der Waals surface area contributed by atoms with Gasteiger partial charge in [0.05, 0.1) is 17.3 Å². The second kappa shape index (κ2) is 8.68. The van der Waals surface area contributed by atoms with Crippen molar-refractivity contribution in [2.24, 2.45) is 5.73 Å². The zero-order chi connectivity index (χ0) is 22.8. The Morgan fingerprint density at radius 1 is 1.03 bits per heavy atom. The Hall–Kier alpha value is -4.30. The third-order valence-corrected chi connectivity index (χ3v) is 5.56. The van der Waals surface area contributed by atoms with Crippen LogP contribution in [0.5, 0.6) is 0 Å². The van der Waals surface area contributed by atoms with Gasteiger partial charge in [0.25, 0.3) is 0 Å². The molecule has 0 aliphatic rings. The quantitative estimate of drug-likeness (QED) is 0.316. The predicted octanol–water partition coefficient (Wildman–Crippen LogP) is 4.27. The largest absolute Gasteiger partial charge is 0.361 e. The van der Waals surface area contributed by atoms with Gasteiger partial charge in [-0.3, -0.25) is 14.9 Å². The standard InChI is InChI=1S/C25H21FN6O/c26-18-7-5-16(6-8-18)23-22(15-9-11-28-12-10-15)24(32-31-23)30-25(33)20(27)13-17-14-29-21-4-2-1-3-19(17)21/h1-12,14,20,29H,13,27H2,(H2,30,31,32,33)/t20-/m0/s1. The Labute approximate surface area is 188 Å². The van der Waals surface area contributed by atoms with Gasteiger partial charge < -0.3 is 16.0 Å². The number of para-hydroxylation sites is 1. The molecule has 0 aliphatic heterocycles. The Balaban J connectivity index is 1.44. The first kappa shape index (κ1) is 20.6. The number of H-pyrrole nitrogens is 2. The SMILES string of the molecule is N[C@@H](Cc1c[nH]c2ccccc12)C(=O)Nc1n[nH]c(-c2ccc(F)cc2)c1-c1ccncc1. The minimum Gasteiger partial charge on any atom is -0.361 e. The van der Waals surface area contributed by atoms with Crippen LogP contribution in [0, 0.1) is 5.82 Å². The maximum absolute atomic E-state index is 13.4. The van der Waals surface area contributed by atoms with Crippen LogP contribution in [0.1, 0.15) is 5.56 Å². The highest BCUT2D eigenvalue weighted by molar-refractivity contribution is 6.00. The average molecular weight is 440 g/mol. The summed E-state index contributed by atoms with van der Waals surface area (Å²) in [7, 11) is 0.